The van der Waals surface area contributed by atoms with E-state index in [4.69, 9.17) is 15.5 Å². The molecule has 0 radical (unpaired) electrons. The van der Waals surface area contributed by atoms with Gasteiger partial charge in [-0.25, -0.2) is 4.98 Å². The molecule has 1 aliphatic heterocycles. The first kappa shape index (κ1) is 25.6. The summed E-state index contributed by atoms with van der Waals surface area (Å²) >= 11 is 3.58. The van der Waals surface area contributed by atoms with Gasteiger partial charge in [-0.15, -0.1) is 0 Å². The van der Waals surface area contributed by atoms with Gasteiger partial charge in [-0.05, 0) is 60.8 Å². The van der Waals surface area contributed by atoms with Crippen molar-refractivity contribution in [3.63, 3.8) is 0 Å². The Balaban J connectivity index is 1.57. The standard InChI is InChI=1S/C27H29BrN4O4/c1-27(2,3)36-21(33)13-12-20(24(29)34)32-15-18-14-17(10-11-19(18)26(32)35)25-30-23(28)22(31(25)4)16-8-6-5-7-9-16/h5-11,14,20H,12-13,15H2,1-4H3,(H2,29,34). The van der Waals surface area contributed by atoms with Crippen molar-refractivity contribution >= 4 is 33.7 Å². The maximum Gasteiger partial charge on any atom is 0.306 e. The first-order chi connectivity index (χ1) is 17.0. The molecule has 0 fully saturated rings. The van der Waals surface area contributed by atoms with Gasteiger partial charge in [0.15, 0.2) is 0 Å². The number of rotatable bonds is 7. The van der Waals surface area contributed by atoms with Crippen LogP contribution < -0.4 is 5.73 Å². The number of amides is 2. The van der Waals surface area contributed by atoms with Crippen LogP contribution in [0.1, 0.15) is 49.5 Å². The molecule has 2 aromatic carbocycles. The monoisotopic (exact) mass is 552 g/mol. The van der Waals surface area contributed by atoms with E-state index in [-0.39, 0.29) is 25.3 Å². The van der Waals surface area contributed by atoms with Crippen molar-refractivity contribution in [2.75, 3.05) is 0 Å². The molecule has 2 N–H and O–H groups in total. The number of aromatic nitrogens is 2. The van der Waals surface area contributed by atoms with Crippen LogP contribution in [0.2, 0.25) is 0 Å². The zero-order chi connectivity index (χ0) is 26.2. The Labute approximate surface area is 218 Å². The lowest BCUT2D eigenvalue weighted by molar-refractivity contribution is -0.155. The molecule has 2 heterocycles. The minimum Gasteiger partial charge on any atom is -0.460 e. The van der Waals surface area contributed by atoms with Crippen molar-refractivity contribution in [1.29, 1.82) is 0 Å². The van der Waals surface area contributed by atoms with E-state index in [0.29, 0.717) is 5.56 Å². The molecule has 0 saturated heterocycles. The van der Waals surface area contributed by atoms with Crippen molar-refractivity contribution in [3.8, 4) is 22.6 Å². The summed E-state index contributed by atoms with van der Waals surface area (Å²) < 4.78 is 8.06. The smallest absolute Gasteiger partial charge is 0.306 e. The highest BCUT2D eigenvalue weighted by atomic mass is 79.9. The third-order valence-electron chi connectivity index (χ3n) is 6.04. The second kappa shape index (κ2) is 9.89. The van der Waals surface area contributed by atoms with Crippen LogP contribution in [0.4, 0.5) is 0 Å². The summed E-state index contributed by atoms with van der Waals surface area (Å²) in [5.74, 6) is -0.628. The molecule has 1 aliphatic rings. The highest BCUT2D eigenvalue weighted by Gasteiger charge is 2.36. The van der Waals surface area contributed by atoms with Crippen molar-refractivity contribution in [3.05, 3.63) is 64.3 Å². The van der Waals surface area contributed by atoms with Crippen molar-refractivity contribution < 1.29 is 19.1 Å². The average Bonchev–Trinajstić information content (AvgIpc) is 3.28. The molecule has 1 aromatic heterocycles. The highest BCUT2D eigenvalue weighted by Crippen LogP contribution is 2.35. The number of ether oxygens (including phenoxy) is 1. The fraction of sp³-hybridized carbons (Fsp3) is 0.333. The van der Waals surface area contributed by atoms with Gasteiger partial charge in [-0.3, -0.25) is 14.4 Å². The first-order valence-electron chi connectivity index (χ1n) is 11.7. The topological polar surface area (TPSA) is 108 Å². The van der Waals surface area contributed by atoms with Crippen LogP contribution in [-0.2, 0) is 27.9 Å². The molecule has 4 rings (SSSR count). The summed E-state index contributed by atoms with van der Waals surface area (Å²) in [5, 5.41) is 0. The van der Waals surface area contributed by atoms with E-state index in [1.54, 1.807) is 26.8 Å². The van der Waals surface area contributed by atoms with Crippen LogP contribution in [0.3, 0.4) is 0 Å². The van der Waals surface area contributed by atoms with Crippen LogP contribution in [0.15, 0.2) is 53.1 Å². The number of hydrogen-bond acceptors (Lipinski definition) is 5. The van der Waals surface area contributed by atoms with Gasteiger partial charge in [0.25, 0.3) is 5.91 Å². The number of halogens is 1. The molecular weight excluding hydrogens is 524 g/mol. The van der Waals surface area contributed by atoms with E-state index in [9.17, 15) is 14.4 Å². The van der Waals surface area contributed by atoms with Gasteiger partial charge in [0, 0.05) is 36.7 Å². The quantitative estimate of drug-likeness (QED) is 0.435. The molecule has 8 nitrogen and oxygen atoms in total. The van der Waals surface area contributed by atoms with Crippen LogP contribution in [-0.4, -0.2) is 43.9 Å². The second-order valence-corrected chi connectivity index (χ2v) is 10.6. The Morgan fingerprint density at radius 2 is 1.83 bits per heavy atom. The molecule has 1 atom stereocenters. The minimum atomic E-state index is -0.909. The summed E-state index contributed by atoms with van der Waals surface area (Å²) in [5.41, 5.74) is 9.12. The van der Waals surface area contributed by atoms with E-state index >= 15 is 0 Å². The molecule has 0 bridgehead atoms. The summed E-state index contributed by atoms with van der Waals surface area (Å²) in [4.78, 5) is 43.7. The summed E-state index contributed by atoms with van der Waals surface area (Å²) in [6.45, 7) is 5.55. The molecule has 36 heavy (non-hydrogen) atoms. The SMILES string of the molecule is Cn1c(-c2ccc3c(c2)CN(C(CCC(=O)OC(C)(C)C)C(N)=O)C3=O)nc(Br)c1-c1ccccc1. The number of imidazole rings is 1. The van der Waals surface area contributed by atoms with Crippen molar-refractivity contribution in [2.24, 2.45) is 12.8 Å². The zero-order valence-electron chi connectivity index (χ0n) is 20.7. The van der Waals surface area contributed by atoms with Gasteiger partial charge >= 0.3 is 5.97 Å². The molecule has 9 heteroatoms. The second-order valence-electron chi connectivity index (χ2n) is 9.85. The first-order valence-corrected chi connectivity index (χ1v) is 12.5. The summed E-state index contributed by atoms with van der Waals surface area (Å²) in [6.07, 6.45) is 0.0867. The minimum absolute atomic E-state index is 0.0141. The number of fused-ring (bicyclic) bond motifs is 1. The fourth-order valence-corrected chi connectivity index (χ4v) is 5.13. The maximum atomic E-state index is 13.1. The van der Waals surface area contributed by atoms with Crippen LogP contribution >= 0.6 is 15.9 Å². The molecule has 1 unspecified atom stereocenters. The van der Waals surface area contributed by atoms with Gasteiger partial charge < -0.3 is 19.9 Å². The zero-order valence-corrected chi connectivity index (χ0v) is 22.3. The molecule has 0 saturated carbocycles. The van der Waals surface area contributed by atoms with Gasteiger partial charge in [0.1, 0.15) is 22.1 Å². The third-order valence-corrected chi connectivity index (χ3v) is 6.59. The van der Waals surface area contributed by atoms with E-state index in [0.717, 1.165) is 32.8 Å². The third kappa shape index (κ3) is 5.21. The Hall–Kier alpha value is -3.46. The Kier molecular flexibility index (Phi) is 7.04. The Bertz CT molecular complexity index is 1330. The number of hydrogen-bond donors (Lipinski definition) is 1. The number of nitrogens with two attached hydrogens (primary N) is 1. The van der Waals surface area contributed by atoms with E-state index < -0.39 is 23.5 Å². The lowest BCUT2D eigenvalue weighted by atomic mass is 10.1. The predicted molar refractivity (Wildman–Crippen MR) is 140 cm³/mol. The van der Waals surface area contributed by atoms with E-state index in [1.807, 2.05) is 54.1 Å². The lowest BCUT2D eigenvalue weighted by Crippen LogP contribution is -2.45. The molecule has 0 spiro atoms. The largest absolute Gasteiger partial charge is 0.460 e. The molecule has 0 aliphatic carbocycles. The van der Waals surface area contributed by atoms with Gasteiger partial charge in [-0.2, -0.15) is 0 Å². The van der Waals surface area contributed by atoms with Crippen LogP contribution in [0, 0.1) is 0 Å². The molecular formula is C27H29BrN4O4. The molecule has 3 aromatic rings. The molecule has 188 valence electrons. The highest BCUT2D eigenvalue weighted by molar-refractivity contribution is 9.10. The van der Waals surface area contributed by atoms with Crippen molar-refractivity contribution in [2.45, 2.75) is 51.8 Å². The predicted octanol–water partition coefficient (Wildman–Crippen LogP) is 4.45. The summed E-state index contributed by atoms with van der Waals surface area (Å²) in [7, 11) is 1.94. The van der Waals surface area contributed by atoms with Gasteiger partial charge in [-0.1, -0.05) is 36.4 Å². The van der Waals surface area contributed by atoms with Gasteiger partial charge in [0.2, 0.25) is 5.91 Å². The van der Waals surface area contributed by atoms with E-state index in [2.05, 4.69) is 15.9 Å². The fourth-order valence-electron chi connectivity index (χ4n) is 4.47. The van der Waals surface area contributed by atoms with Crippen LogP contribution in [0.25, 0.3) is 22.6 Å². The van der Waals surface area contributed by atoms with Crippen molar-refractivity contribution in [1.82, 2.24) is 14.5 Å². The summed E-state index contributed by atoms with van der Waals surface area (Å²) in [6, 6.07) is 14.6. The average molecular weight is 553 g/mol. The normalized spacial score (nSPS) is 14.0. The van der Waals surface area contributed by atoms with Crippen LogP contribution in [0.5, 0.6) is 0 Å². The number of carbonyl (C=O) groups excluding carboxylic acids is 3. The number of primary amides is 1. The van der Waals surface area contributed by atoms with Gasteiger partial charge in [0.05, 0.1) is 5.69 Å². The Morgan fingerprint density at radius 3 is 2.47 bits per heavy atom. The number of carbonyl (C=O) groups is 3. The maximum absolute atomic E-state index is 13.1. The number of nitrogens with zero attached hydrogens (tertiary/aromatic N) is 3. The number of benzene rings is 2. The Morgan fingerprint density at radius 1 is 1.14 bits per heavy atom. The van der Waals surface area contributed by atoms with E-state index in [1.165, 1.54) is 4.90 Å². The lowest BCUT2D eigenvalue weighted by Gasteiger charge is -2.25. The molecule has 2 amide bonds. The number of esters is 1.